The minimum atomic E-state index is -1.98. The Morgan fingerprint density at radius 1 is 0.377 bits per heavy atom. The molecule has 1 unspecified atom stereocenters. The second-order valence-electron chi connectivity index (χ2n) is 19.7. The van der Waals surface area contributed by atoms with Gasteiger partial charge in [-0.05, 0) is 177 Å². The number of rotatable bonds is 10. The highest BCUT2D eigenvalue weighted by Gasteiger charge is 2.44. The molecule has 0 aromatic heterocycles. The zero-order valence-electron chi connectivity index (χ0n) is 39.3. The van der Waals surface area contributed by atoms with Crippen molar-refractivity contribution in [3.05, 3.63) is 0 Å². The van der Waals surface area contributed by atoms with Gasteiger partial charge in [0.05, 0.1) is 0 Å². The molecule has 0 saturated carbocycles. The van der Waals surface area contributed by atoms with Crippen LogP contribution in [0.15, 0.2) is 0 Å². The summed E-state index contributed by atoms with van der Waals surface area (Å²) in [5.74, 6) is 0. The summed E-state index contributed by atoms with van der Waals surface area (Å²) < 4.78 is 70.8. The monoisotopic (exact) mass is 994 g/mol. The van der Waals surface area contributed by atoms with E-state index in [4.69, 9.17) is 49.4 Å². The van der Waals surface area contributed by atoms with E-state index in [0.29, 0.717) is 0 Å². The van der Waals surface area contributed by atoms with E-state index in [-0.39, 0.29) is 0 Å². The molecule has 2 rings (SSSR count). The van der Waals surface area contributed by atoms with Gasteiger partial charge in [-0.2, -0.15) is 0 Å². The van der Waals surface area contributed by atoms with Gasteiger partial charge in [0.15, 0.2) is 33.3 Å². The minimum Gasteiger partial charge on any atom is -0.439 e. The van der Waals surface area contributed by atoms with E-state index >= 15 is 0 Å². The molecule has 12 nitrogen and oxygen atoms in total. The van der Waals surface area contributed by atoms with Crippen LogP contribution in [0, 0.1) is 0 Å². The van der Waals surface area contributed by atoms with Crippen LogP contribution in [0.4, 0.5) is 0 Å². The summed E-state index contributed by atoms with van der Waals surface area (Å²) in [5.41, 5.74) is 0. The molecule has 1 atom stereocenters. The summed E-state index contributed by atoms with van der Waals surface area (Å²) in [4.78, 5) is 0. The fraction of sp³-hybridized carbons (Fsp3) is 1.00. The third-order valence-electron chi connectivity index (χ3n) is 5.75. The molecule has 53 heavy (non-hydrogen) atoms. The summed E-state index contributed by atoms with van der Waals surface area (Å²) in [6, 6.07) is 0. The molecule has 2 aliphatic heterocycles. The highest BCUT2D eigenvalue weighted by atomic mass is 28.5. The Bertz CT molecular complexity index is 978. The van der Waals surface area contributed by atoms with Gasteiger partial charge in [0, 0.05) is 0 Å². The largest absolute Gasteiger partial charge is 0.439 e. The second-order valence-corrected chi connectivity index (χ2v) is 67.3. The van der Waals surface area contributed by atoms with Crippen LogP contribution in [0.25, 0.3) is 0 Å². The van der Waals surface area contributed by atoms with Gasteiger partial charge in [0.25, 0.3) is 18.6 Å². The first-order valence-corrected chi connectivity index (χ1v) is 57.3. The Morgan fingerprint density at radius 3 is 0.811 bits per heavy atom. The molecule has 0 aromatic rings. The van der Waals surface area contributed by atoms with Gasteiger partial charge in [0.1, 0.15) is 0 Å². The van der Waals surface area contributed by atoms with E-state index in [2.05, 4.69) is 164 Å². The molecular weight excluding hydrogens is 909 g/mol. The van der Waals surface area contributed by atoms with Gasteiger partial charge >= 0.3 is 70.7 Å². The lowest BCUT2D eigenvalue weighted by atomic mass is 11.8. The lowest BCUT2D eigenvalue weighted by Crippen LogP contribution is -2.58. The quantitative estimate of drug-likeness (QED) is 0.197. The van der Waals surface area contributed by atoms with Crippen LogP contribution in [0.3, 0.4) is 0 Å². The fourth-order valence-electron chi connectivity index (χ4n) is 5.87. The molecule has 2 fully saturated rings. The van der Waals surface area contributed by atoms with E-state index in [9.17, 15) is 0 Å². The Hall–Kier alpha value is 2.56. The fourth-order valence-corrected chi connectivity index (χ4v) is 57.3. The molecule has 2 aliphatic rings. The predicted octanol–water partition coefficient (Wildman–Crippen LogP) is 8.27. The Labute approximate surface area is 346 Å². The average Bonchev–Trinajstić information content (AvgIpc) is 2.68. The van der Waals surface area contributed by atoms with Crippen molar-refractivity contribution in [1.29, 1.82) is 0 Å². The second kappa shape index (κ2) is 22.4. The van der Waals surface area contributed by atoms with Crippen LogP contribution >= 0.6 is 0 Å². The van der Waals surface area contributed by atoms with Crippen molar-refractivity contribution in [2.24, 2.45) is 0 Å². The van der Waals surface area contributed by atoms with Crippen molar-refractivity contribution in [2.75, 3.05) is 0 Å². The maximum atomic E-state index is 6.14. The molecule has 0 amide bonds. The summed E-state index contributed by atoms with van der Waals surface area (Å²) >= 11 is 0. The first kappa shape index (κ1) is 57.7. The molecule has 0 bridgehead atoms. The van der Waals surface area contributed by atoms with Gasteiger partial charge in [-0.25, -0.2) is 0 Å². The SMILES string of the molecule is C[SiH](O[Si](C)(C)C)O[Si](C)(C)C.C[SiH](O[Si](C)(C)C)O[Si](C)(C)O[Si](C)(C)C.C[SiH]1O[Si](C)(C)O[SiH](C)O[Si](C)(C)O1.C[SiH]1O[Si](C)(C)O[Si](C)(C)O1. The van der Waals surface area contributed by atoms with E-state index in [0.717, 1.165) is 0 Å². The molecule has 0 N–H and O–H groups in total. The van der Waals surface area contributed by atoms with Crippen LogP contribution in [0.2, 0.25) is 177 Å². The molecule has 0 spiro atoms. The summed E-state index contributed by atoms with van der Waals surface area (Å²) in [6.07, 6.45) is 0. The van der Waals surface area contributed by atoms with Crippen molar-refractivity contribution in [1.82, 2.24) is 0 Å². The Morgan fingerprint density at radius 2 is 0.604 bits per heavy atom. The van der Waals surface area contributed by atoms with Crippen molar-refractivity contribution >= 4 is 122 Å². The summed E-state index contributed by atoms with van der Waals surface area (Å²) in [7, 11) is -22.5. The zero-order chi connectivity index (χ0) is 42.9. The van der Waals surface area contributed by atoms with E-state index in [1.165, 1.54) is 0 Å². The molecule has 0 radical (unpaired) electrons. The van der Waals surface area contributed by atoms with Crippen LogP contribution in [-0.2, 0) is 49.4 Å². The summed E-state index contributed by atoms with van der Waals surface area (Å²) in [6.45, 7) is 57.8. The molecule has 2 saturated heterocycles. The van der Waals surface area contributed by atoms with Crippen molar-refractivity contribution in [3.63, 3.8) is 0 Å². The maximum absolute atomic E-state index is 6.14. The molecule has 26 heteroatoms. The minimum absolute atomic E-state index is 1.33. The highest BCUT2D eigenvalue weighted by molar-refractivity contribution is 6.88. The van der Waals surface area contributed by atoms with Crippen molar-refractivity contribution < 1.29 is 49.4 Å². The number of hydrogen-bond acceptors (Lipinski definition) is 12. The topological polar surface area (TPSA) is 111 Å². The molecule has 2 heterocycles. The first-order chi connectivity index (χ1) is 22.9. The zero-order valence-corrected chi connectivity index (χ0v) is 54.1. The Balaban J connectivity index is 0. The predicted molar refractivity (Wildman–Crippen MR) is 259 cm³/mol. The molecule has 322 valence electrons. The van der Waals surface area contributed by atoms with Crippen LogP contribution < -0.4 is 0 Å². The van der Waals surface area contributed by atoms with Gasteiger partial charge in [0.2, 0.25) is 0 Å². The molecule has 0 aromatic carbocycles. The smallest absolute Gasteiger partial charge is 0.313 e. The van der Waals surface area contributed by atoms with E-state index in [1.54, 1.807) is 0 Å². The summed E-state index contributed by atoms with van der Waals surface area (Å²) in [5, 5.41) is 0. The average molecular weight is 996 g/mol. The third-order valence-corrected chi connectivity index (χ3v) is 51.8. The molecule has 0 aliphatic carbocycles. The maximum Gasteiger partial charge on any atom is 0.313 e. The van der Waals surface area contributed by atoms with E-state index in [1.807, 2.05) is 13.1 Å². The third kappa shape index (κ3) is 36.2. The van der Waals surface area contributed by atoms with Crippen LogP contribution in [0.1, 0.15) is 0 Å². The normalized spacial score (nSPS) is 24.2. The van der Waals surface area contributed by atoms with Crippen LogP contribution in [-0.4, -0.2) is 122 Å². The van der Waals surface area contributed by atoms with Gasteiger partial charge in [-0.15, -0.1) is 0 Å². The van der Waals surface area contributed by atoms with Gasteiger partial charge in [-0.3, -0.25) is 0 Å². The Kier molecular flexibility index (Phi) is 24.4. The van der Waals surface area contributed by atoms with Crippen molar-refractivity contribution in [3.8, 4) is 0 Å². The van der Waals surface area contributed by atoms with Gasteiger partial charge < -0.3 is 49.4 Å². The first-order valence-electron chi connectivity index (χ1n) is 19.1. The standard InChI is InChI=1S/C9H28O3Si4.C7H22O2Si3.C6H20O4Si4.C5H16O3Si3/c1-13(10-14(2,3)4)11-16(8,9)12-15(5,6)7;1-10(8-11(2,3)4)9-12(5,6)7;1-11-7-13(3,4)9-12(2)10-14(5,6)8-11;1-9-6-10(2,3)8-11(4,5)7-9/h13H,1-9H3;10H,1-7H3;11-12H,1-6H3;9H,1-5H3. The lowest BCUT2D eigenvalue weighted by Gasteiger charge is -2.41. The van der Waals surface area contributed by atoms with Crippen molar-refractivity contribution in [2.45, 2.75) is 177 Å². The molecular formula is C27H86O12Si14. The highest BCUT2D eigenvalue weighted by Crippen LogP contribution is 2.24. The number of hydrogen-bond donors (Lipinski definition) is 0. The van der Waals surface area contributed by atoms with Gasteiger partial charge in [-0.1, -0.05) is 0 Å². The van der Waals surface area contributed by atoms with Crippen LogP contribution in [0.5, 0.6) is 0 Å². The van der Waals surface area contributed by atoms with E-state index < -0.39 is 122 Å². The lowest BCUT2D eigenvalue weighted by molar-refractivity contribution is 0.255.